The molecule has 0 aromatic heterocycles. The van der Waals surface area contributed by atoms with Gasteiger partial charge in [0.05, 0.1) is 0 Å². The molecule has 0 radical (unpaired) electrons. The Morgan fingerprint density at radius 2 is 0.526 bits per heavy atom. The summed E-state index contributed by atoms with van der Waals surface area (Å²) < 4.78 is 5.13. The molecule has 0 aliphatic carbocycles. The van der Waals surface area contributed by atoms with Crippen LogP contribution in [0.5, 0.6) is 0 Å². The Labute approximate surface area is 230 Å². The van der Waals surface area contributed by atoms with Crippen molar-refractivity contribution >= 4 is 37.3 Å². The third-order valence-electron chi connectivity index (χ3n) is 8.49. The van der Waals surface area contributed by atoms with Gasteiger partial charge in [-0.05, 0) is 84.3 Å². The summed E-state index contributed by atoms with van der Waals surface area (Å²) in [5, 5.41) is 6.15. The maximum absolute atomic E-state index is 2.56. The summed E-state index contributed by atoms with van der Waals surface area (Å²) in [6.45, 7) is 5.13. The maximum atomic E-state index is 2.56. The van der Waals surface area contributed by atoms with E-state index in [-0.39, 0.29) is 0 Å². The third kappa shape index (κ3) is 4.18. The largest absolute Gasteiger partial charge is 0.322 e. The van der Waals surface area contributed by atoms with Crippen LogP contribution in [0, 0.1) is 0 Å². The Morgan fingerprint density at radius 3 is 0.684 bits per heavy atom. The molecule has 2 nitrogen and oxygen atoms in total. The van der Waals surface area contributed by atoms with E-state index in [4.69, 9.17) is 0 Å². The standard InChI is InChI=1S/C34H38N2Si2/c1-35(2)37(5)31(27-19-11-7-12-20-27)33(29-23-15-9-16-24-29)38(6,36(3)4)34(30-25-17-10-18-26-30)32(37)28-21-13-8-14-22-28/h7-26H,1-6H3. The zero-order valence-corrected chi connectivity index (χ0v) is 25.4. The van der Waals surface area contributed by atoms with Crippen LogP contribution in [0.1, 0.15) is 22.3 Å². The van der Waals surface area contributed by atoms with E-state index in [1.807, 2.05) is 0 Å². The van der Waals surface area contributed by atoms with Crippen molar-refractivity contribution < 1.29 is 0 Å². The highest BCUT2D eigenvalue weighted by Gasteiger charge is 2.55. The molecule has 0 bridgehead atoms. The van der Waals surface area contributed by atoms with Crippen molar-refractivity contribution in [3.8, 4) is 0 Å². The fraction of sp³-hybridized carbons (Fsp3) is 0.176. The molecule has 0 N–H and O–H groups in total. The van der Waals surface area contributed by atoms with E-state index in [0.29, 0.717) is 0 Å². The monoisotopic (exact) mass is 530 g/mol. The van der Waals surface area contributed by atoms with E-state index in [0.717, 1.165) is 0 Å². The second-order valence-corrected chi connectivity index (χ2v) is 19.0. The van der Waals surface area contributed by atoms with E-state index in [1.165, 1.54) is 43.0 Å². The first-order valence-corrected chi connectivity index (χ1v) is 18.3. The summed E-state index contributed by atoms with van der Waals surface area (Å²) in [6, 6.07) is 44.7. The molecule has 4 heteroatoms. The molecule has 1 heterocycles. The number of hydrogen-bond donors (Lipinski definition) is 0. The van der Waals surface area contributed by atoms with Crippen LogP contribution < -0.4 is 0 Å². The van der Waals surface area contributed by atoms with Gasteiger partial charge in [-0.15, -0.1) is 0 Å². The first-order chi connectivity index (χ1) is 18.3. The van der Waals surface area contributed by atoms with Crippen molar-refractivity contribution in [2.24, 2.45) is 0 Å². The van der Waals surface area contributed by atoms with Crippen LogP contribution in [0.15, 0.2) is 121 Å². The summed E-state index contributed by atoms with van der Waals surface area (Å²) in [6.07, 6.45) is 0. The van der Waals surface area contributed by atoms with Gasteiger partial charge in [0.25, 0.3) is 0 Å². The first kappa shape index (κ1) is 26.3. The van der Waals surface area contributed by atoms with Crippen molar-refractivity contribution in [3.05, 3.63) is 144 Å². The molecule has 0 fully saturated rings. The summed E-state index contributed by atoms with van der Waals surface area (Å²) >= 11 is 0. The van der Waals surface area contributed by atoms with Crippen LogP contribution in [0.4, 0.5) is 0 Å². The van der Waals surface area contributed by atoms with Crippen molar-refractivity contribution in [2.45, 2.75) is 13.1 Å². The minimum absolute atomic E-state index is 1.34. The molecule has 1 aliphatic heterocycles. The van der Waals surface area contributed by atoms with Gasteiger partial charge in [0.2, 0.25) is 0 Å². The molecular weight excluding hydrogens is 493 g/mol. The molecule has 0 atom stereocenters. The second-order valence-electron chi connectivity index (χ2n) is 10.9. The molecule has 1 aliphatic rings. The molecule has 0 saturated heterocycles. The summed E-state index contributed by atoms with van der Waals surface area (Å²) in [7, 11) is 4.22. The van der Waals surface area contributed by atoms with Crippen LogP contribution >= 0.6 is 0 Å². The van der Waals surface area contributed by atoms with Crippen molar-refractivity contribution in [1.82, 2.24) is 9.13 Å². The van der Waals surface area contributed by atoms with Gasteiger partial charge in [0.1, 0.15) is 0 Å². The first-order valence-electron chi connectivity index (χ1n) is 13.4. The fourth-order valence-corrected chi connectivity index (χ4v) is 16.9. The van der Waals surface area contributed by atoms with Gasteiger partial charge in [-0.25, -0.2) is 0 Å². The van der Waals surface area contributed by atoms with E-state index >= 15 is 0 Å². The van der Waals surface area contributed by atoms with E-state index < -0.39 is 16.5 Å². The average molecular weight is 531 g/mol. The van der Waals surface area contributed by atoms with Gasteiger partial charge < -0.3 is 9.13 Å². The second kappa shape index (κ2) is 10.5. The van der Waals surface area contributed by atoms with Gasteiger partial charge in [0, 0.05) is 0 Å². The summed E-state index contributed by atoms with van der Waals surface area (Å²) in [4.78, 5) is 0. The number of benzene rings is 4. The minimum atomic E-state index is -2.48. The Hall–Kier alpha value is -3.29. The highest BCUT2D eigenvalue weighted by molar-refractivity contribution is 7.23. The normalized spacial score (nSPS) is 21.9. The average Bonchev–Trinajstić information content (AvgIpc) is 2.95. The van der Waals surface area contributed by atoms with Gasteiger partial charge in [0.15, 0.2) is 16.5 Å². The third-order valence-corrected chi connectivity index (χ3v) is 18.6. The van der Waals surface area contributed by atoms with E-state index in [2.05, 4.69) is 172 Å². The molecule has 5 rings (SSSR count). The van der Waals surface area contributed by atoms with Crippen LogP contribution in [-0.2, 0) is 0 Å². The Kier molecular flexibility index (Phi) is 7.25. The Morgan fingerprint density at radius 1 is 0.342 bits per heavy atom. The van der Waals surface area contributed by atoms with Gasteiger partial charge >= 0.3 is 0 Å². The molecular formula is C34H38N2Si2. The zero-order chi connectivity index (χ0) is 26.9. The highest BCUT2D eigenvalue weighted by Crippen LogP contribution is 2.56. The van der Waals surface area contributed by atoms with Crippen molar-refractivity contribution in [2.75, 3.05) is 28.2 Å². The van der Waals surface area contributed by atoms with Gasteiger partial charge in [-0.3, -0.25) is 0 Å². The van der Waals surface area contributed by atoms with Crippen molar-refractivity contribution in [1.29, 1.82) is 0 Å². The zero-order valence-electron chi connectivity index (χ0n) is 23.4. The lowest BCUT2D eigenvalue weighted by Crippen LogP contribution is -2.60. The molecule has 0 amide bonds. The number of nitrogens with zero attached hydrogens (tertiary/aromatic N) is 2. The quantitative estimate of drug-likeness (QED) is 0.236. The summed E-state index contributed by atoms with van der Waals surface area (Å²) in [5.74, 6) is 0. The fourth-order valence-electron chi connectivity index (χ4n) is 6.24. The van der Waals surface area contributed by atoms with Gasteiger partial charge in [-0.2, -0.15) is 0 Å². The number of hydrogen-bond acceptors (Lipinski definition) is 2. The van der Waals surface area contributed by atoms with E-state index in [1.54, 1.807) is 0 Å². The topological polar surface area (TPSA) is 6.48 Å². The lowest BCUT2D eigenvalue weighted by molar-refractivity contribution is 0.635. The predicted molar refractivity (Wildman–Crippen MR) is 170 cm³/mol. The van der Waals surface area contributed by atoms with E-state index in [9.17, 15) is 0 Å². The Balaban J connectivity index is 2.06. The van der Waals surface area contributed by atoms with Crippen molar-refractivity contribution in [3.63, 3.8) is 0 Å². The molecule has 0 unspecified atom stereocenters. The summed E-state index contributed by atoms with van der Waals surface area (Å²) in [5.41, 5.74) is 5.37. The highest BCUT2D eigenvalue weighted by atomic mass is 28.3. The number of rotatable bonds is 6. The minimum Gasteiger partial charge on any atom is -0.322 e. The molecule has 0 spiro atoms. The van der Waals surface area contributed by atoms with Crippen LogP contribution in [0.3, 0.4) is 0 Å². The maximum Gasteiger partial charge on any atom is 0.190 e. The Bertz CT molecular complexity index is 1240. The van der Waals surface area contributed by atoms with Crippen LogP contribution in [0.25, 0.3) is 20.8 Å². The lowest BCUT2D eigenvalue weighted by Gasteiger charge is -2.52. The predicted octanol–water partition coefficient (Wildman–Crippen LogP) is 7.65. The molecule has 38 heavy (non-hydrogen) atoms. The molecule has 4 aromatic rings. The SMILES string of the molecule is CN(C)[Si]1(C)C(c2ccccc2)=C(c2ccccc2)[Si](C)(N(C)C)C(c2ccccc2)=C1c1ccccc1. The van der Waals surface area contributed by atoms with Crippen LogP contribution in [0.2, 0.25) is 13.1 Å². The molecule has 4 aromatic carbocycles. The van der Waals surface area contributed by atoms with Crippen LogP contribution in [-0.4, -0.2) is 53.8 Å². The smallest absolute Gasteiger partial charge is 0.190 e. The lowest BCUT2D eigenvalue weighted by atomic mass is 10.1. The molecule has 192 valence electrons. The van der Waals surface area contributed by atoms with Gasteiger partial charge in [-0.1, -0.05) is 121 Å². The molecule has 0 saturated carbocycles.